The SMILES string of the molecule is Cc1ccc2c(c1)N1C(=O)N(CC(N)=O)CC1CS2. The second-order valence-electron chi connectivity index (χ2n) is 4.94. The summed E-state index contributed by atoms with van der Waals surface area (Å²) in [6.45, 7) is 2.58. The van der Waals surface area contributed by atoms with Crippen molar-refractivity contribution in [3.8, 4) is 0 Å². The second-order valence-corrected chi connectivity index (χ2v) is 6.00. The zero-order valence-electron chi connectivity index (χ0n) is 10.6. The lowest BCUT2D eigenvalue weighted by Gasteiger charge is -2.30. The number of thioether (sulfide) groups is 1. The summed E-state index contributed by atoms with van der Waals surface area (Å²) in [6.07, 6.45) is 0. The van der Waals surface area contributed by atoms with E-state index < -0.39 is 5.91 Å². The monoisotopic (exact) mass is 277 g/mol. The molecule has 0 saturated carbocycles. The van der Waals surface area contributed by atoms with Crippen LogP contribution in [0.4, 0.5) is 10.5 Å². The number of amides is 3. The molecule has 3 rings (SSSR count). The average molecular weight is 277 g/mol. The number of benzene rings is 1. The second kappa shape index (κ2) is 4.45. The summed E-state index contributed by atoms with van der Waals surface area (Å²) in [5, 5.41) is 0. The summed E-state index contributed by atoms with van der Waals surface area (Å²) in [6, 6.07) is 6.14. The number of fused-ring (bicyclic) bond motifs is 3. The fourth-order valence-electron chi connectivity index (χ4n) is 2.59. The number of hydrogen-bond donors (Lipinski definition) is 1. The highest BCUT2D eigenvalue weighted by atomic mass is 32.2. The molecule has 0 radical (unpaired) electrons. The van der Waals surface area contributed by atoms with Gasteiger partial charge in [0.25, 0.3) is 0 Å². The molecular weight excluding hydrogens is 262 g/mol. The number of anilines is 1. The van der Waals surface area contributed by atoms with Crippen molar-refractivity contribution in [1.82, 2.24) is 4.90 Å². The lowest BCUT2D eigenvalue weighted by Crippen LogP contribution is -2.40. The van der Waals surface area contributed by atoms with E-state index in [1.165, 1.54) is 4.90 Å². The standard InChI is InChI=1S/C13H15N3O2S/c1-8-2-3-11-10(4-8)16-9(7-19-11)5-15(13(16)18)6-12(14)17/h2-4,9H,5-7H2,1H3,(H2,14,17). The van der Waals surface area contributed by atoms with Crippen LogP contribution < -0.4 is 10.6 Å². The molecule has 19 heavy (non-hydrogen) atoms. The summed E-state index contributed by atoms with van der Waals surface area (Å²) in [7, 11) is 0. The molecule has 1 unspecified atom stereocenters. The van der Waals surface area contributed by atoms with Gasteiger partial charge in [-0.25, -0.2) is 4.79 Å². The Morgan fingerprint density at radius 1 is 1.53 bits per heavy atom. The first-order chi connectivity index (χ1) is 9.06. The lowest BCUT2D eigenvalue weighted by atomic mass is 10.2. The van der Waals surface area contributed by atoms with Gasteiger partial charge in [-0.3, -0.25) is 9.69 Å². The number of aryl methyl sites for hydroxylation is 1. The Hall–Kier alpha value is -1.69. The van der Waals surface area contributed by atoms with Gasteiger partial charge in [-0.15, -0.1) is 11.8 Å². The summed E-state index contributed by atoms with van der Waals surface area (Å²) < 4.78 is 0. The maximum absolute atomic E-state index is 12.4. The van der Waals surface area contributed by atoms with Crippen molar-refractivity contribution in [2.45, 2.75) is 17.9 Å². The van der Waals surface area contributed by atoms with Crippen LogP contribution in [0.3, 0.4) is 0 Å². The number of primary amides is 1. The van der Waals surface area contributed by atoms with Gasteiger partial charge in [-0.05, 0) is 24.6 Å². The van der Waals surface area contributed by atoms with E-state index in [-0.39, 0.29) is 18.6 Å². The summed E-state index contributed by atoms with van der Waals surface area (Å²) in [4.78, 5) is 27.9. The van der Waals surface area contributed by atoms with Crippen molar-refractivity contribution >= 4 is 29.4 Å². The molecule has 1 aromatic carbocycles. The Bertz CT molecular complexity index is 561. The van der Waals surface area contributed by atoms with Gasteiger partial charge in [-0.2, -0.15) is 0 Å². The van der Waals surface area contributed by atoms with Crippen LogP contribution in [0.5, 0.6) is 0 Å². The Labute approximate surface area is 115 Å². The molecule has 5 nitrogen and oxygen atoms in total. The number of nitrogens with two attached hydrogens (primary N) is 1. The smallest absolute Gasteiger partial charge is 0.325 e. The van der Waals surface area contributed by atoms with Crippen molar-refractivity contribution in [3.63, 3.8) is 0 Å². The summed E-state index contributed by atoms with van der Waals surface area (Å²) >= 11 is 1.76. The van der Waals surface area contributed by atoms with Crippen LogP contribution in [0.1, 0.15) is 5.56 Å². The zero-order chi connectivity index (χ0) is 13.6. The number of rotatable bonds is 2. The predicted molar refractivity (Wildman–Crippen MR) is 74.3 cm³/mol. The molecule has 2 aliphatic heterocycles. The molecule has 1 atom stereocenters. The van der Waals surface area contributed by atoms with Crippen molar-refractivity contribution in [1.29, 1.82) is 0 Å². The maximum atomic E-state index is 12.4. The molecule has 2 heterocycles. The number of urea groups is 1. The van der Waals surface area contributed by atoms with Gasteiger partial charge in [0.15, 0.2) is 0 Å². The minimum atomic E-state index is -0.467. The van der Waals surface area contributed by atoms with Crippen LogP contribution in [0.15, 0.2) is 23.1 Å². The summed E-state index contributed by atoms with van der Waals surface area (Å²) in [5.74, 6) is 0.391. The molecule has 3 amide bonds. The third kappa shape index (κ3) is 2.06. The molecule has 100 valence electrons. The van der Waals surface area contributed by atoms with E-state index in [9.17, 15) is 9.59 Å². The van der Waals surface area contributed by atoms with Gasteiger partial charge in [0.1, 0.15) is 6.54 Å². The van der Waals surface area contributed by atoms with E-state index >= 15 is 0 Å². The first-order valence-corrected chi connectivity index (χ1v) is 7.14. The third-order valence-electron chi connectivity index (χ3n) is 3.42. The van der Waals surface area contributed by atoms with Crippen LogP contribution in [0, 0.1) is 6.92 Å². The topological polar surface area (TPSA) is 66.6 Å². The van der Waals surface area contributed by atoms with E-state index in [1.807, 2.05) is 24.0 Å². The lowest BCUT2D eigenvalue weighted by molar-refractivity contribution is -0.118. The Morgan fingerprint density at radius 3 is 3.05 bits per heavy atom. The van der Waals surface area contributed by atoms with E-state index in [1.54, 1.807) is 11.8 Å². The largest absolute Gasteiger partial charge is 0.368 e. The molecule has 0 bridgehead atoms. The molecule has 2 aliphatic rings. The molecule has 1 saturated heterocycles. The number of carbonyl (C=O) groups excluding carboxylic acids is 2. The summed E-state index contributed by atoms with van der Waals surface area (Å²) in [5.41, 5.74) is 7.27. The van der Waals surface area contributed by atoms with E-state index in [2.05, 4.69) is 6.07 Å². The molecule has 0 aromatic heterocycles. The molecular formula is C13H15N3O2S. The maximum Gasteiger partial charge on any atom is 0.325 e. The number of carbonyl (C=O) groups is 2. The highest BCUT2D eigenvalue weighted by Crippen LogP contribution is 2.40. The Kier molecular flexibility index (Phi) is 2.89. The number of hydrogen-bond acceptors (Lipinski definition) is 3. The Morgan fingerprint density at radius 2 is 2.32 bits per heavy atom. The minimum Gasteiger partial charge on any atom is -0.368 e. The van der Waals surface area contributed by atoms with Gasteiger partial charge >= 0.3 is 6.03 Å². The predicted octanol–water partition coefficient (Wildman–Crippen LogP) is 1.20. The Balaban J connectivity index is 1.95. The fourth-order valence-corrected chi connectivity index (χ4v) is 3.69. The van der Waals surface area contributed by atoms with Crippen LogP contribution >= 0.6 is 11.8 Å². The zero-order valence-corrected chi connectivity index (χ0v) is 11.4. The fraction of sp³-hybridized carbons (Fsp3) is 0.385. The van der Waals surface area contributed by atoms with Crippen LogP contribution in [0.2, 0.25) is 0 Å². The van der Waals surface area contributed by atoms with Crippen LogP contribution in [-0.4, -0.2) is 41.7 Å². The molecule has 1 aromatic rings. The quantitative estimate of drug-likeness (QED) is 0.883. The molecule has 0 spiro atoms. The highest BCUT2D eigenvalue weighted by Gasteiger charge is 2.41. The average Bonchev–Trinajstić information content (AvgIpc) is 2.66. The van der Waals surface area contributed by atoms with Crippen molar-refractivity contribution < 1.29 is 9.59 Å². The highest BCUT2D eigenvalue weighted by molar-refractivity contribution is 7.99. The normalized spacial score (nSPS) is 21.3. The van der Waals surface area contributed by atoms with E-state index in [4.69, 9.17) is 5.73 Å². The minimum absolute atomic E-state index is 0.00233. The van der Waals surface area contributed by atoms with Gasteiger partial charge in [0.05, 0.1) is 11.7 Å². The van der Waals surface area contributed by atoms with Gasteiger partial charge in [-0.1, -0.05) is 6.07 Å². The van der Waals surface area contributed by atoms with Crippen molar-refractivity contribution in [3.05, 3.63) is 23.8 Å². The molecule has 2 N–H and O–H groups in total. The molecule has 1 fully saturated rings. The van der Waals surface area contributed by atoms with Crippen LogP contribution in [0.25, 0.3) is 0 Å². The van der Waals surface area contributed by atoms with Gasteiger partial charge < -0.3 is 10.6 Å². The van der Waals surface area contributed by atoms with Crippen LogP contribution in [-0.2, 0) is 4.79 Å². The van der Waals surface area contributed by atoms with E-state index in [0.29, 0.717) is 6.54 Å². The van der Waals surface area contributed by atoms with Crippen molar-refractivity contribution in [2.75, 3.05) is 23.7 Å². The van der Waals surface area contributed by atoms with Gasteiger partial charge in [0.2, 0.25) is 5.91 Å². The molecule has 0 aliphatic carbocycles. The first-order valence-electron chi connectivity index (χ1n) is 6.16. The van der Waals surface area contributed by atoms with E-state index in [0.717, 1.165) is 21.9 Å². The number of nitrogens with zero attached hydrogens (tertiary/aromatic N) is 2. The molecule has 6 heteroatoms. The van der Waals surface area contributed by atoms with Gasteiger partial charge in [0, 0.05) is 17.2 Å². The van der Waals surface area contributed by atoms with Crippen molar-refractivity contribution in [2.24, 2.45) is 5.73 Å². The first kappa shape index (κ1) is 12.3. The third-order valence-corrected chi connectivity index (χ3v) is 4.63.